The fraction of sp³-hybridized carbons (Fsp3) is 0.381. The topological polar surface area (TPSA) is 38.3 Å². The molecule has 0 saturated heterocycles. The number of nitrogens with one attached hydrogen (secondary N) is 1. The molecule has 128 valence electrons. The second kappa shape index (κ2) is 8.00. The number of hydrogen-bond acceptors (Lipinski definition) is 2. The number of carbonyl (C=O) groups is 1. The number of benzene rings is 2. The van der Waals surface area contributed by atoms with Gasteiger partial charge in [0.05, 0.1) is 17.7 Å². The Bertz CT molecular complexity index is 707. The third kappa shape index (κ3) is 4.38. The maximum atomic E-state index is 12.8. The molecular formula is C21H27NO2. The summed E-state index contributed by atoms with van der Waals surface area (Å²) in [7, 11) is 0. The third-order valence-electron chi connectivity index (χ3n) is 4.01. The molecule has 0 aliphatic rings. The Morgan fingerprint density at radius 1 is 1.12 bits per heavy atom. The predicted molar refractivity (Wildman–Crippen MR) is 98.6 cm³/mol. The Morgan fingerprint density at radius 3 is 2.46 bits per heavy atom. The molecule has 0 fully saturated rings. The van der Waals surface area contributed by atoms with Gasteiger partial charge in [-0.25, -0.2) is 0 Å². The average molecular weight is 325 g/mol. The first-order valence-corrected chi connectivity index (χ1v) is 8.56. The maximum absolute atomic E-state index is 12.8. The summed E-state index contributed by atoms with van der Waals surface area (Å²) in [5, 5.41) is 3.15. The van der Waals surface area contributed by atoms with E-state index in [0.717, 1.165) is 6.42 Å². The molecule has 1 atom stereocenters. The lowest BCUT2D eigenvalue weighted by Crippen LogP contribution is -2.29. The van der Waals surface area contributed by atoms with Gasteiger partial charge in [0.1, 0.15) is 5.75 Å². The van der Waals surface area contributed by atoms with Crippen LogP contribution < -0.4 is 10.1 Å². The Labute approximate surface area is 145 Å². The van der Waals surface area contributed by atoms with Crippen LogP contribution in [-0.4, -0.2) is 12.0 Å². The molecule has 0 spiro atoms. The van der Waals surface area contributed by atoms with Crippen LogP contribution in [0.25, 0.3) is 0 Å². The number of hydrogen-bond donors (Lipinski definition) is 1. The second-order valence-electron chi connectivity index (χ2n) is 6.46. The van der Waals surface area contributed by atoms with E-state index < -0.39 is 0 Å². The van der Waals surface area contributed by atoms with E-state index in [1.807, 2.05) is 38.1 Å². The van der Waals surface area contributed by atoms with Gasteiger partial charge in [-0.2, -0.15) is 0 Å². The second-order valence-corrected chi connectivity index (χ2v) is 6.46. The van der Waals surface area contributed by atoms with E-state index in [4.69, 9.17) is 4.74 Å². The average Bonchev–Trinajstić information content (AvgIpc) is 2.53. The third-order valence-corrected chi connectivity index (χ3v) is 4.01. The molecule has 2 aromatic rings. The number of amides is 1. The van der Waals surface area contributed by atoms with Gasteiger partial charge in [0.15, 0.2) is 0 Å². The SMILES string of the molecule is CC[C@H](NC(=O)c1ccccc1OC(C)C)c1ccc(C)cc1C. The lowest BCUT2D eigenvalue weighted by Gasteiger charge is -2.21. The number of para-hydroxylation sites is 1. The fourth-order valence-electron chi connectivity index (χ4n) is 2.86. The van der Waals surface area contributed by atoms with Crippen molar-refractivity contribution in [2.24, 2.45) is 0 Å². The summed E-state index contributed by atoms with van der Waals surface area (Å²) in [6, 6.07) is 13.7. The van der Waals surface area contributed by atoms with E-state index in [9.17, 15) is 4.79 Å². The summed E-state index contributed by atoms with van der Waals surface area (Å²) in [6.45, 7) is 10.2. The Morgan fingerprint density at radius 2 is 1.83 bits per heavy atom. The minimum absolute atomic E-state index is 0.00907. The first-order valence-electron chi connectivity index (χ1n) is 8.56. The van der Waals surface area contributed by atoms with Crippen LogP contribution >= 0.6 is 0 Å². The maximum Gasteiger partial charge on any atom is 0.255 e. The van der Waals surface area contributed by atoms with Gasteiger partial charge in [-0.05, 0) is 57.4 Å². The molecule has 3 nitrogen and oxygen atoms in total. The quantitative estimate of drug-likeness (QED) is 0.814. The zero-order chi connectivity index (χ0) is 17.7. The highest BCUT2D eigenvalue weighted by molar-refractivity contribution is 5.97. The normalized spacial score (nSPS) is 12.1. The number of ether oxygens (including phenoxy) is 1. The van der Waals surface area contributed by atoms with Crippen molar-refractivity contribution in [3.05, 3.63) is 64.7 Å². The van der Waals surface area contributed by atoms with E-state index in [-0.39, 0.29) is 18.1 Å². The zero-order valence-corrected chi connectivity index (χ0v) is 15.2. The van der Waals surface area contributed by atoms with Crippen LogP contribution in [0.2, 0.25) is 0 Å². The van der Waals surface area contributed by atoms with Gasteiger partial charge in [0.2, 0.25) is 0 Å². The molecule has 2 aromatic carbocycles. The van der Waals surface area contributed by atoms with Crippen molar-refractivity contribution >= 4 is 5.91 Å². The number of carbonyl (C=O) groups excluding carboxylic acids is 1. The molecule has 0 aliphatic carbocycles. The lowest BCUT2D eigenvalue weighted by atomic mass is 9.97. The molecule has 0 aliphatic heterocycles. The summed E-state index contributed by atoms with van der Waals surface area (Å²) in [4.78, 5) is 12.8. The molecular weight excluding hydrogens is 298 g/mol. The van der Waals surface area contributed by atoms with Crippen LogP contribution in [0.3, 0.4) is 0 Å². The predicted octanol–water partition coefficient (Wildman–Crippen LogP) is 4.97. The summed E-state index contributed by atoms with van der Waals surface area (Å²) in [6.07, 6.45) is 0.864. The van der Waals surface area contributed by atoms with E-state index in [0.29, 0.717) is 11.3 Å². The van der Waals surface area contributed by atoms with E-state index >= 15 is 0 Å². The summed E-state index contributed by atoms with van der Waals surface area (Å²) in [5.74, 6) is 0.526. The molecule has 0 aromatic heterocycles. The molecule has 0 heterocycles. The summed E-state index contributed by atoms with van der Waals surface area (Å²) in [5.41, 5.74) is 4.18. The highest BCUT2D eigenvalue weighted by atomic mass is 16.5. The zero-order valence-electron chi connectivity index (χ0n) is 15.2. The van der Waals surface area contributed by atoms with Crippen LogP contribution in [0, 0.1) is 13.8 Å². The van der Waals surface area contributed by atoms with Gasteiger partial charge in [-0.15, -0.1) is 0 Å². The molecule has 2 rings (SSSR count). The van der Waals surface area contributed by atoms with Crippen molar-refractivity contribution in [3.8, 4) is 5.75 Å². The first kappa shape index (κ1) is 18.1. The fourth-order valence-corrected chi connectivity index (χ4v) is 2.86. The van der Waals surface area contributed by atoms with Gasteiger partial charge >= 0.3 is 0 Å². The Balaban J connectivity index is 2.24. The van der Waals surface area contributed by atoms with Crippen molar-refractivity contribution in [1.29, 1.82) is 0 Å². The van der Waals surface area contributed by atoms with Crippen LogP contribution in [0.5, 0.6) is 5.75 Å². The lowest BCUT2D eigenvalue weighted by molar-refractivity contribution is 0.0929. The summed E-state index contributed by atoms with van der Waals surface area (Å²) < 4.78 is 5.77. The highest BCUT2D eigenvalue weighted by Gasteiger charge is 2.19. The van der Waals surface area contributed by atoms with Crippen molar-refractivity contribution in [1.82, 2.24) is 5.32 Å². The number of aryl methyl sites for hydroxylation is 2. The van der Waals surface area contributed by atoms with Gasteiger partial charge in [0.25, 0.3) is 5.91 Å². The largest absolute Gasteiger partial charge is 0.490 e. The Hall–Kier alpha value is -2.29. The van der Waals surface area contributed by atoms with Crippen LogP contribution in [0.15, 0.2) is 42.5 Å². The first-order chi connectivity index (χ1) is 11.4. The van der Waals surface area contributed by atoms with Gasteiger partial charge < -0.3 is 10.1 Å². The van der Waals surface area contributed by atoms with Crippen LogP contribution in [-0.2, 0) is 0 Å². The highest BCUT2D eigenvalue weighted by Crippen LogP contribution is 2.24. The van der Waals surface area contributed by atoms with Crippen molar-refractivity contribution in [2.75, 3.05) is 0 Å². The molecule has 3 heteroatoms. The number of rotatable bonds is 6. The molecule has 0 unspecified atom stereocenters. The molecule has 0 saturated carbocycles. The van der Waals surface area contributed by atoms with E-state index in [1.165, 1.54) is 16.7 Å². The molecule has 0 radical (unpaired) electrons. The van der Waals surface area contributed by atoms with Gasteiger partial charge in [0, 0.05) is 0 Å². The smallest absolute Gasteiger partial charge is 0.255 e. The molecule has 24 heavy (non-hydrogen) atoms. The molecule has 1 amide bonds. The molecule has 1 N–H and O–H groups in total. The van der Waals surface area contributed by atoms with Crippen LogP contribution in [0.4, 0.5) is 0 Å². The standard InChI is InChI=1S/C21H27NO2/c1-6-19(17-12-11-15(4)13-16(17)5)22-21(23)18-9-7-8-10-20(18)24-14(2)3/h7-14,19H,6H2,1-5H3,(H,22,23)/t19-/m0/s1. The van der Waals surface area contributed by atoms with Gasteiger partial charge in [-0.1, -0.05) is 42.8 Å². The van der Waals surface area contributed by atoms with Crippen molar-refractivity contribution in [2.45, 2.75) is 53.2 Å². The van der Waals surface area contributed by atoms with E-state index in [1.54, 1.807) is 0 Å². The Kier molecular flexibility index (Phi) is 6.02. The van der Waals surface area contributed by atoms with Crippen molar-refractivity contribution < 1.29 is 9.53 Å². The monoisotopic (exact) mass is 325 g/mol. The summed E-state index contributed by atoms with van der Waals surface area (Å²) >= 11 is 0. The van der Waals surface area contributed by atoms with Crippen molar-refractivity contribution in [3.63, 3.8) is 0 Å². The minimum Gasteiger partial charge on any atom is -0.490 e. The van der Waals surface area contributed by atoms with Gasteiger partial charge in [-0.3, -0.25) is 4.79 Å². The van der Waals surface area contributed by atoms with E-state index in [2.05, 4.69) is 44.3 Å². The molecule has 0 bridgehead atoms. The van der Waals surface area contributed by atoms with Crippen LogP contribution in [0.1, 0.15) is 60.3 Å². The minimum atomic E-state index is -0.0990.